The lowest BCUT2D eigenvalue weighted by Gasteiger charge is -2.04. The number of hydrogen-bond acceptors (Lipinski definition) is 3. The average Bonchev–Trinajstić information content (AvgIpc) is 2.95. The lowest BCUT2D eigenvalue weighted by molar-refractivity contribution is 0.520. The molecule has 2 aromatic heterocycles. The number of rotatable bonds is 3. The van der Waals surface area contributed by atoms with Gasteiger partial charge in [-0.1, -0.05) is 42.0 Å². The lowest BCUT2D eigenvalue weighted by Crippen LogP contribution is -1.95. The Balaban J connectivity index is 1.97. The number of furan rings is 1. The average molecular weight is 282 g/mol. The van der Waals surface area contributed by atoms with E-state index >= 15 is 0 Å². The van der Waals surface area contributed by atoms with Crippen molar-refractivity contribution in [2.45, 2.75) is 13.3 Å². The molecule has 20 heavy (non-hydrogen) atoms. The van der Waals surface area contributed by atoms with Crippen LogP contribution in [-0.2, 0) is 6.42 Å². The Morgan fingerprint density at radius 2 is 2.00 bits per heavy atom. The highest BCUT2D eigenvalue weighted by molar-refractivity contribution is 7.71. The molecule has 4 heteroatoms. The monoisotopic (exact) mass is 282 g/mol. The molecule has 0 aliphatic heterocycles. The summed E-state index contributed by atoms with van der Waals surface area (Å²) in [5.41, 5.74) is 4.21. The van der Waals surface area contributed by atoms with Crippen molar-refractivity contribution < 1.29 is 4.42 Å². The minimum absolute atomic E-state index is 0.650. The van der Waals surface area contributed by atoms with Crippen LogP contribution in [0.25, 0.3) is 11.3 Å². The molecule has 3 rings (SSSR count). The van der Waals surface area contributed by atoms with E-state index < -0.39 is 0 Å². The van der Waals surface area contributed by atoms with Gasteiger partial charge in [0.2, 0.25) is 0 Å². The largest absolute Gasteiger partial charge is 0.469 e. The van der Waals surface area contributed by atoms with Gasteiger partial charge in [-0.3, -0.25) is 5.10 Å². The van der Waals surface area contributed by atoms with Crippen LogP contribution in [0.2, 0.25) is 0 Å². The van der Waals surface area contributed by atoms with E-state index in [-0.39, 0.29) is 0 Å². The molecule has 0 amide bonds. The molecule has 0 saturated heterocycles. The molecule has 0 fully saturated rings. The van der Waals surface area contributed by atoms with E-state index in [0.29, 0.717) is 11.1 Å². The molecule has 3 nitrogen and oxygen atoms in total. The normalized spacial score (nSPS) is 10.7. The quantitative estimate of drug-likeness (QED) is 0.728. The third-order valence-corrected chi connectivity index (χ3v) is 3.53. The SMILES string of the molecule is Cc1ccc(-c2cc(Cc3ccco3)c(=S)[nH]n2)cc1. The number of aromatic nitrogens is 2. The van der Waals surface area contributed by atoms with Crippen molar-refractivity contribution in [1.82, 2.24) is 10.2 Å². The van der Waals surface area contributed by atoms with Gasteiger partial charge >= 0.3 is 0 Å². The number of aromatic amines is 1. The van der Waals surface area contributed by atoms with Crippen molar-refractivity contribution in [3.05, 3.63) is 70.3 Å². The topological polar surface area (TPSA) is 41.8 Å². The third kappa shape index (κ3) is 2.70. The molecule has 0 saturated carbocycles. The number of aryl methyl sites for hydroxylation is 1. The van der Waals surface area contributed by atoms with Crippen LogP contribution in [0.15, 0.2) is 53.1 Å². The van der Waals surface area contributed by atoms with E-state index in [1.807, 2.05) is 18.2 Å². The van der Waals surface area contributed by atoms with Crippen LogP contribution in [0, 0.1) is 11.6 Å². The van der Waals surface area contributed by atoms with Gasteiger partial charge in [0.05, 0.1) is 12.0 Å². The fourth-order valence-electron chi connectivity index (χ4n) is 2.05. The molecular weight excluding hydrogens is 268 g/mol. The highest BCUT2D eigenvalue weighted by atomic mass is 32.1. The van der Waals surface area contributed by atoms with Crippen LogP contribution in [0.1, 0.15) is 16.9 Å². The first-order valence-corrected chi connectivity index (χ1v) is 6.81. The van der Waals surface area contributed by atoms with E-state index in [1.165, 1.54) is 5.56 Å². The van der Waals surface area contributed by atoms with Crippen molar-refractivity contribution in [1.29, 1.82) is 0 Å². The Labute approximate surface area is 122 Å². The summed E-state index contributed by atoms with van der Waals surface area (Å²) in [5, 5.41) is 7.23. The van der Waals surface area contributed by atoms with E-state index in [4.69, 9.17) is 16.6 Å². The Morgan fingerprint density at radius 1 is 1.20 bits per heavy atom. The number of hydrogen-bond donors (Lipinski definition) is 1. The highest BCUT2D eigenvalue weighted by Crippen LogP contribution is 2.20. The van der Waals surface area contributed by atoms with Gasteiger partial charge in [-0.15, -0.1) is 0 Å². The molecule has 3 aromatic rings. The summed E-state index contributed by atoms with van der Waals surface area (Å²) < 4.78 is 6.02. The maximum absolute atomic E-state index is 5.37. The van der Waals surface area contributed by atoms with Gasteiger partial charge < -0.3 is 4.42 Å². The fourth-order valence-corrected chi connectivity index (χ4v) is 2.23. The molecular formula is C16H14N2OS. The molecule has 100 valence electrons. The summed E-state index contributed by atoms with van der Waals surface area (Å²) in [6.07, 6.45) is 2.34. The third-order valence-electron chi connectivity index (χ3n) is 3.17. The smallest absolute Gasteiger partial charge is 0.123 e. The summed E-state index contributed by atoms with van der Waals surface area (Å²) in [5.74, 6) is 0.894. The number of nitrogens with one attached hydrogen (secondary N) is 1. The molecule has 1 aromatic carbocycles. The van der Waals surface area contributed by atoms with E-state index in [2.05, 4.69) is 41.4 Å². The van der Waals surface area contributed by atoms with Crippen LogP contribution < -0.4 is 0 Å². The second-order valence-electron chi connectivity index (χ2n) is 4.73. The van der Waals surface area contributed by atoms with Crippen LogP contribution in [0.3, 0.4) is 0 Å². The molecule has 2 heterocycles. The molecule has 0 spiro atoms. The van der Waals surface area contributed by atoms with E-state index in [9.17, 15) is 0 Å². The van der Waals surface area contributed by atoms with Crippen LogP contribution >= 0.6 is 12.2 Å². The predicted molar refractivity (Wildman–Crippen MR) is 81.1 cm³/mol. The molecule has 1 N–H and O–H groups in total. The molecule has 0 aliphatic rings. The predicted octanol–water partition coefficient (Wildman–Crippen LogP) is 4.30. The zero-order chi connectivity index (χ0) is 13.9. The van der Waals surface area contributed by atoms with Crippen LogP contribution in [0.5, 0.6) is 0 Å². The van der Waals surface area contributed by atoms with Crippen molar-refractivity contribution in [2.24, 2.45) is 0 Å². The molecule has 0 unspecified atom stereocenters. The number of nitrogens with zero attached hydrogens (tertiary/aromatic N) is 1. The first-order valence-electron chi connectivity index (χ1n) is 6.40. The zero-order valence-corrected chi connectivity index (χ0v) is 11.9. The number of H-pyrrole nitrogens is 1. The van der Waals surface area contributed by atoms with Crippen molar-refractivity contribution in [3.8, 4) is 11.3 Å². The van der Waals surface area contributed by atoms with Gasteiger partial charge in [-0.05, 0) is 30.7 Å². The summed E-state index contributed by atoms with van der Waals surface area (Å²) in [6.45, 7) is 2.07. The van der Waals surface area contributed by atoms with E-state index in [1.54, 1.807) is 6.26 Å². The summed E-state index contributed by atoms with van der Waals surface area (Å²) in [4.78, 5) is 0. The van der Waals surface area contributed by atoms with Gasteiger partial charge in [0.1, 0.15) is 10.4 Å². The minimum atomic E-state index is 0.650. The summed E-state index contributed by atoms with van der Waals surface area (Å²) in [6, 6.07) is 14.1. The standard InChI is InChI=1S/C16H14N2OS/c1-11-4-6-12(7-5-11)15-10-13(16(20)18-17-15)9-14-3-2-8-19-14/h2-8,10H,9H2,1H3,(H,18,20). The van der Waals surface area contributed by atoms with Crippen LogP contribution in [-0.4, -0.2) is 10.2 Å². The first-order chi connectivity index (χ1) is 9.72. The summed E-state index contributed by atoms with van der Waals surface area (Å²) >= 11 is 5.30. The molecule has 0 atom stereocenters. The van der Waals surface area contributed by atoms with Gasteiger partial charge in [0.25, 0.3) is 0 Å². The van der Waals surface area contributed by atoms with Crippen molar-refractivity contribution in [3.63, 3.8) is 0 Å². The van der Waals surface area contributed by atoms with Crippen molar-refractivity contribution in [2.75, 3.05) is 0 Å². The second-order valence-corrected chi connectivity index (χ2v) is 5.14. The molecule has 0 radical (unpaired) electrons. The molecule has 0 aliphatic carbocycles. The fraction of sp³-hybridized carbons (Fsp3) is 0.125. The minimum Gasteiger partial charge on any atom is -0.469 e. The van der Waals surface area contributed by atoms with Crippen LogP contribution in [0.4, 0.5) is 0 Å². The Hall–Kier alpha value is -2.20. The summed E-state index contributed by atoms with van der Waals surface area (Å²) in [7, 11) is 0. The van der Waals surface area contributed by atoms with E-state index in [0.717, 1.165) is 22.6 Å². The number of benzene rings is 1. The highest BCUT2D eigenvalue weighted by Gasteiger charge is 2.06. The van der Waals surface area contributed by atoms with Crippen molar-refractivity contribution >= 4 is 12.2 Å². The van der Waals surface area contributed by atoms with Gasteiger partial charge in [-0.25, -0.2) is 0 Å². The van der Waals surface area contributed by atoms with Gasteiger partial charge in [0.15, 0.2) is 0 Å². The van der Waals surface area contributed by atoms with Gasteiger partial charge in [0, 0.05) is 12.0 Å². The maximum Gasteiger partial charge on any atom is 0.123 e. The first kappa shape index (κ1) is 12.8. The Kier molecular flexibility index (Phi) is 3.48. The maximum atomic E-state index is 5.37. The lowest BCUT2D eigenvalue weighted by atomic mass is 10.1. The molecule has 0 bridgehead atoms. The Bertz CT molecular complexity index is 758. The second kappa shape index (κ2) is 5.43. The Morgan fingerprint density at radius 3 is 2.70 bits per heavy atom. The van der Waals surface area contributed by atoms with Gasteiger partial charge in [-0.2, -0.15) is 5.10 Å². The zero-order valence-electron chi connectivity index (χ0n) is 11.1.